The van der Waals surface area contributed by atoms with Gasteiger partial charge in [0.25, 0.3) is 0 Å². The van der Waals surface area contributed by atoms with E-state index in [1.54, 1.807) is 0 Å². The minimum atomic E-state index is 0.695. The van der Waals surface area contributed by atoms with Gasteiger partial charge in [0, 0.05) is 17.1 Å². The third-order valence-electron chi connectivity index (χ3n) is 3.51. The van der Waals surface area contributed by atoms with E-state index in [4.69, 9.17) is 4.74 Å². The van der Waals surface area contributed by atoms with Crippen molar-refractivity contribution < 1.29 is 4.74 Å². The zero-order chi connectivity index (χ0) is 12.3. The normalized spacial score (nSPS) is 17.2. The van der Waals surface area contributed by atoms with Crippen molar-refractivity contribution in [3.05, 3.63) is 28.7 Å². The number of hydrogen-bond acceptors (Lipinski definition) is 2. The molecular weight excluding hydrogens is 278 g/mol. The second-order valence-corrected chi connectivity index (χ2v) is 5.78. The van der Waals surface area contributed by atoms with E-state index in [-0.39, 0.29) is 0 Å². The van der Waals surface area contributed by atoms with Gasteiger partial charge < -0.3 is 9.64 Å². The molecule has 1 unspecified atom stereocenters. The van der Waals surface area contributed by atoms with Crippen LogP contribution in [0.25, 0.3) is 0 Å². The predicted molar refractivity (Wildman–Crippen MR) is 74.5 cm³/mol. The van der Waals surface area contributed by atoms with Crippen molar-refractivity contribution in [3.63, 3.8) is 0 Å². The largest absolute Gasteiger partial charge is 0.492 e. The Kier molecular flexibility index (Phi) is 4.46. The number of nitrogens with zero attached hydrogens (tertiary/aromatic N) is 1. The topological polar surface area (TPSA) is 12.5 Å². The number of halogens is 1. The Morgan fingerprint density at radius 3 is 2.88 bits per heavy atom. The Morgan fingerprint density at radius 1 is 1.47 bits per heavy atom. The van der Waals surface area contributed by atoms with Crippen molar-refractivity contribution in [2.45, 2.75) is 25.8 Å². The van der Waals surface area contributed by atoms with Gasteiger partial charge in [-0.25, -0.2) is 0 Å². The van der Waals surface area contributed by atoms with Gasteiger partial charge in [-0.15, -0.1) is 0 Å². The van der Waals surface area contributed by atoms with E-state index in [1.165, 1.54) is 12.8 Å². The van der Waals surface area contributed by atoms with E-state index >= 15 is 0 Å². The van der Waals surface area contributed by atoms with Crippen molar-refractivity contribution in [2.75, 3.05) is 20.2 Å². The van der Waals surface area contributed by atoms with Crippen LogP contribution in [0.1, 0.15) is 19.8 Å². The van der Waals surface area contributed by atoms with Crippen molar-refractivity contribution in [1.29, 1.82) is 0 Å². The molecule has 0 spiro atoms. The van der Waals surface area contributed by atoms with Gasteiger partial charge in [0.2, 0.25) is 0 Å². The first-order chi connectivity index (χ1) is 8.16. The third kappa shape index (κ3) is 4.00. The van der Waals surface area contributed by atoms with Crippen molar-refractivity contribution >= 4 is 15.9 Å². The number of hydrogen-bond donors (Lipinski definition) is 0. The van der Waals surface area contributed by atoms with E-state index in [2.05, 4.69) is 34.8 Å². The summed E-state index contributed by atoms with van der Waals surface area (Å²) < 4.78 is 6.80. The lowest BCUT2D eigenvalue weighted by molar-refractivity contribution is 0.186. The molecule has 2 rings (SSSR count). The van der Waals surface area contributed by atoms with Gasteiger partial charge in [0.15, 0.2) is 0 Å². The molecule has 1 saturated carbocycles. The molecule has 0 aromatic heterocycles. The molecule has 0 bridgehead atoms. The van der Waals surface area contributed by atoms with E-state index in [9.17, 15) is 0 Å². The van der Waals surface area contributed by atoms with Crippen LogP contribution < -0.4 is 4.74 Å². The van der Waals surface area contributed by atoms with Gasteiger partial charge in [0.1, 0.15) is 12.4 Å². The zero-order valence-corrected chi connectivity index (χ0v) is 12.1. The zero-order valence-electron chi connectivity index (χ0n) is 10.5. The summed E-state index contributed by atoms with van der Waals surface area (Å²) in [6.07, 6.45) is 2.80. The maximum Gasteiger partial charge on any atom is 0.120 e. The lowest BCUT2D eigenvalue weighted by Gasteiger charge is -2.24. The average molecular weight is 298 g/mol. The second-order valence-electron chi connectivity index (χ2n) is 4.86. The molecule has 1 aliphatic carbocycles. The molecule has 1 aromatic rings. The molecule has 3 heteroatoms. The second kappa shape index (κ2) is 5.87. The quantitative estimate of drug-likeness (QED) is 0.796. The fraction of sp³-hybridized carbons (Fsp3) is 0.571. The molecule has 1 aromatic carbocycles. The summed E-state index contributed by atoms with van der Waals surface area (Å²) in [6.45, 7) is 4.06. The highest BCUT2D eigenvalue weighted by Crippen LogP contribution is 2.34. The highest BCUT2D eigenvalue weighted by Gasteiger charge is 2.30. The summed E-state index contributed by atoms with van der Waals surface area (Å²) >= 11 is 3.44. The lowest BCUT2D eigenvalue weighted by Crippen LogP contribution is -2.34. The van der Waals surface area contributed by atoms with Crippen LogP contribution in [0.15, 0.2) is 28.7 Å². The van der Waals surface area contributed by atoms with Crippen molar-refractivity contribution in [1.82, 2.24) is 4.90 Å². The van der Waals surface area contributed by atoms with Gasteiger partial charge in [-0.2, -0.15) is 0 Å². The Balaban J connectivity index is 1.71. The molecule has 0 N–H and O–H groups in total. The van der Waals surface area contributed by atoms with Crippen LogP contribution in [0.2, 0.25) is 0 Å². The molecule has 0 heterocycles. The minimum Gasteiger partial charge on any atom is -0.492 e. The maximum absolute atomic E-state index is 5.74. The number of likely N-dealkylation sites (N-methyl/N-ethyl adjacent to an activating group) is 1. The Hall–Kier alpha value is -0.540. The Bertz CT molecular complexity index is 365. The van der Waals surface area contributed by atoms with Gasteiger partial charge in [-0.1, -0.05) is 22.0 Å². The summed E-state index contributed by atoms with van der Waals surface area (Å²) in [4.78, 5) is 2.40. The first-order valence-corrected chi connectivity index (χ1v) is 7.04. The van der Waals surface area contributed by atoms with Crippen LogP contribution in [-0.2, 0) is 0 Å². The summed E-state index contributed by atoms with van der Waals surface area (Å²) in [7, 11) is 2.19. The molecular formula is C14H20BrNO. The van der Waals surface area contributed by atoms with E-state index in [0.717, 1.165) is 29.3 Å². The van der Waals surface area contributed by atoms with E-state index < -0.39 is 0 Å². The van der Waals surface area contributed by atoms with Gasteiger partial charge in [0.05, 0.1) is 0 Å². The van der Waals surface area contributed by atoms with Gasteiger partial charge in [-0.05, 0) is 50.9 Å². The first-order valence-electron chi connectivity index (χ1n) is 6.25. The fourth-order valence-electron chi connectivity index (χ4n) is 2.01. The molecule has 1 aliphatic rings. The molecule has 94 valence electrons. The highest BCUT2D eigenvalue weighted by molar-refractivity contribution is 9.10. The molecule has 1 atom stereocenters. The minimum absolute atomic E-state index is 0.695. The summed E-state index contributed by atoms with van der Waals surface area (Å²) in [5, 5.41) is 0. The highest BCUT2D eigenvalue weighted by atomic mass is 79.9. The van der Waals surface area contributed by atoms with Crippen LogP contribution in [0, 0.1) is 5.92 Å². The predicted octanol–water partition coefficient (Wildman–Crippen LogP) is 3.56. The molecule has 0 radical (unpaired) electrons. The summed E-state index contributed by atoms with van der Waals surface area (Å²) in [5.41, 5.74) is 0. The summed E-state index contributed by atoms with van der Waals surface area (Å²) in [6, 6.07) is 8.70. The molecule has 0 saturated heterocycles. The number of rotatable bonds is 6. The summed E-state index contributed by atoms with van der Waals surface area (Å²) in [5.74, 6) is 1.86. The molecule has 17 heavy (non-hydrogen) atoms. The fourth-order valence-corrected chi connectivity index (χ4v) is 2.38. The smallest absolute Gasteiger partial charge is 0.120 e. The van der Waals surface area contributed by atoms with Crippen LogP contribution in [0.5, 0.6) is 5.75 Å². The standard InChI is InChI=1S/C14H20BrNO/c1-11(12-6-7-12)16(2)8-9-17-14-5-3-4-13(15)10-14/h3-5,10-12H,6-9H2,1-2H3. The molecule has 1 fully saturated rings. The van der Waals surface area contributed by atoms with E-state index in [0.29, 0.717) is 6.04 Å². The van der Waals surface area contributed by atoms with Crippen LogP contribution in [0.3, 0.4) is 0 Å². The van der Waals surface area contributed by atoms with Crippen LogP contribution >= 0.6 is 15.9 Å². The average Bonchev–Trinajstić information content (AvgIpc) is 3.12. The monoisotopic (exact) mass is 297 g/mol. The Labute approximate surface area is 112 Å². The molecule has 0 aliphatic heterocycles. The van der Waals surface area contributed by atoms with E-state index in [1.807, 2.05) is 24.3 Å². The maximum atomic E-state index is 5.74. The van der Waals surface area contributed by atoms with Gasteiger partial charge >= 0.3 is 0 Å². The molecule has 0 amide bonds. The lowest BCUT2D eigenvalue weighted by atomic mass is 10.2. The van der Waals surface area contributed by atoms with Crippen molar-refractivity contribution in [3.8, 4) is 5.75 Å². The van der Waals surface area contributed by atoms with Crippen LogP contribution in [0.4, 0.5) is 0 Å². The third-order valence-corrected chi connectivity index (χ3v) is 4.00. The van der Waals surface area contributed by atoms with Crippen molar-refractivity contribution in [2.24, 2.45) is 5.92 Å². The SMILES string of the molecule is CC(C1CC1)N(C)CCOc1cccc(Br)c1. The van der Waals surface area contributed by atoms with Crippen LogP contribution in [-0.4, -0.2) is 31.1 Å². The number of ether oxygens (including phenoxy) is 1. The number of benzene rings is 1. The Morgan fingerprint density at radius 2 is 2.24 bits per heavy atom. The first kappa shape index (κ1) is 12.9. The van der Waals surface area contributed by atoms with Gasteiger partial charge in [-0.3, -0.25) is 0 Å². The molecule has 2 nitrogen and oxygen atoms in total.